The highest BCUT2D eigenvalue weighted by Gasteiger charge is 2.47. The van der Waals surface area contributed by atoms with Gasteiger partial charge in [0.2, 0.25) is 17.7 Å². The van der Waals surface area contributed by atoms with E-state index in [9.17, 15) is 18.8 Å². The summed E-state index contributed by atoms with van der Waals surface area (Å²) in [5.74, 6) is -1.26. The number of likely N-dealkylation sites (tertiary alicyclic amines) is 1. The van der Waals surface area contributed by atoms with Gasteiger partial charge in [-0.1, -0.05) is 31.0 Å². The Balaban J connectivity index is 1.27. The maximum atomic E-state index is 13.5. The van der Waals surface area contributed by atoms with Crippen LogP contribution in [0.15, 0.2) is 60.8 Å². The van der Waals surface area contributed by atoms with Gasteiger partial charge in [0.25, 0.3) is 0 Å². The van der Waals surface area contributed by atoms with Crippen LogP contribution in [0, 0.1) is 17.7 Å². The third kappa shape index (κ3) is 4.73. The Morgan fingerprint density at radius 3 is 2.29 bits per heavy atom. The number of para-hydroxylation sites is 1. The Kier molecular flexibility index (Phi) is 6.44. The number of carbonyl (C=O) groups is 3. The second-order valence-corrected chi connectivity index (χ2v) is 9.14. The minimum Gasteiger partial charge on any atom is -0.352 e. The van der Waals surface area contributed by atoms with Gasteiger partial charge < -0.3 is 5.32 Å². The fourth-order valence-electron chi connectivity index (χ4n) is 5.05. The van der Waals surface area contributed by atoms with Crippen LogP contribution in [-0.2, 0) is 20.9 Å². The molecule has 1 N–H and O–H groups in total. The highest BCUT2D eigenvalue weighted by molar-refractivity contribution is 6.05. The van der Waals surface area contributed by atoms with E-state index in [0.717, 1.165) is 42.5 Å². The summed E-state index contributed by atoms with van der Waals surface area (Å²) in [6.07, 6.45) is 5.36. The first-order valence-corrected chi connectivity index (χ1v) is 12.0. The van der Waals surface area contributed by atoms with Crippen molar-refractivity contribution < 1.29 is 18.8 Å². The second kappa shape index (κ2) is 9.82. The molecule has 8 heteroatoms. The smallest absolute Gasteiger partial charge is 0.233 e. The third-order valence-electron chi connectivity index (χ3n) is 6.90. The molecule has 0 bridgehead atoms. The van der Waals surface area contributed by atoms with E-state index in [4.69, 9.17) is 0 Å². The lowest BCUT2D eigenvalue weighted by Gasteiger charge is -2.19. The van der Waals surface area contributed by atoms with Crippen LogP contribution in [0.2, 0.25) is 0 Å². The molecule has 1 saturated carbocycles. The van der Waals surface area contributed by atoms with Gasteiger partial charge in [-0.25, -0.2) is 9.07 Å². The van der Waals surface area contributed by atoms with Gasteiger partial charge >= 0.3 is 0 Å². The molecule has 3 aromatic rings. The molecule has 2 heterocycles. The van der Waals surface area contributed by atoms with Crippen LogP contribution in [-0.4, -0.2) is 38.9 Å². The van der Waals surface area contributed by atoms with Crippen molar-refractivity contribution in [1.82, 2.24) is 20.0 Å². The van der Waals surface area contributed by atoms with Crippen molar-refractivity contribution >= 4 is 17.7 Å². The molecule has 0 radical (unpaired) electrons. The summed E-state index contributed by atoms with van der Waals surface area (Å²) in [7, 11) is 0. The second-order valence-electron chi connectivity index (χ2n) is 9.14. The minimum absolute atomic E-state index is 0.0512. The highest BCUT2D eigenvalue weighted by Crippen LogP contribution is 2.38. The Morgan fingerprint density at radius 2 is 1.63 bits per heavy atom. The van der Waals surface area contributed by atoms with Crippen molar-refractivity contribution in [3.8, 4) is 16.9 Å². The molecule has 2 aromatic carbocycles. The van der Waals surface area contributed by atoms with Crippen LogP contribution in [0.4, 0.5) is 4.39 Å². The molecule has 5 rings (SSSR count). The van der Waals surface area contributed by atoms with E-state index in [0.29, 0.717) is 5.69 Å². The zero-order chi connectivity index (χ0) is 24.4. The molecule has 2 atom stereocenters. The molecule has 2 unspecified atom stereocenters. The molecule has 2 aliphatic rings. The molecule has 180 valence electrons. The predicted molar refractivity (Wildman–Crippen MR) is 128 cm³/mol. The Bertz CT molecular complexity index is 1220. The number of imide groups is 1. The molecule has 1 aromatic heterocycles. The lowest BCUT2D eigenvalue weighted by atomic mass is 9.81. The quantitative estimate of drug-likeness (QED) is 0.527. The van der Waals surface area contributed by atoms with Gasteiger partial charge in [-0.2, -0.15) is 5.10 Å². The maximum absolute atomic E-state index is 13.5. The Morgan fingerprint density at radius 1 is 0.971 bits per heavy atom. The van der Waals surface area contributed by atoms with Crippen molar-refractivity contribution in [3.63, 3.8) is 0 Å². The number of nitrogens with zero attached hydrogens (tertiary/aromatic N) is 3. The van der Waals surface area contributed by atoms with Gasteiger partial charge in [0.05, 0.1) is 23.2 Å². The van der Waals surface area contributed by atoms with E-state index >= 15 is 0 Å². The van der Waals surface area contributed by atoms with Gasteiger partial charge in [-0.15, -0.1) is 0 Å². The van der Waals surface area contributed by atoms with Gasteiger partial charge in [0.1, 0.15) is 5.82 Å². The van der Waals surface area contributed by atoms with Crippen molar-refractivity contribution in [2.24, 2.45) is 11.8 Å². The fraction of sp³-hybridized carbons (Fsp3) is 0.333. The summed E-state index contributed by atoms with van der Waals surface area (Å²) >= 11 is 0. The Labute approximate surface area is 202 Å². The number of halogens is 1. The summed E-state index contributed by atoms with van der Waals surface area (Å²) in [4.78, 5) is 39.2. The third-order valence-corrected chi connectivity index (χ3v) is 6.90. The number of aromatic nitrogens is 2. The number of rotatable bonds is 7. The van der Waals surface area contributed by atoms with Crippen LogP contribution in [0.1, 0.15) is 37.7 Å². The van der Waals surface area contributed by atoms with Crippen molar-refractivity contribution in [2.45, 2.75) is 38.6 Å². The highest BCUT2D eigenvalue weighted by atomic mass is 19.1. The molecule has 1 aliphatic carbocycles. The minimum atomic E-state index is -0.336. The molecule has 1 saturated heterocycles. The standard InChI is InChI=1S/C27H27FN4O3/c28-20-12-10-18(11-13-20)25-19(17-32(30-25)21-6-2-1-3-7-21)16-29-24(33)14-15-31-26(34)22-8-4-5-9-23(22)27(31)35/h1-3,6-7,10-13,17,22-23H,4-5,8-9,14-16H2,(H,29,33). The van der Waals surface area contributed by atoms with Crippen LogP contribution in [0.5, 0.6) is 0 Å². The first-order valence-electron chi connectivity index (χ1n) is 12.0. The monoisotopic (exact) mass is 474 g/mol. The first-order chi connectivity index (χ1) is 17.0. The van der Waals surface area contributed by atoms with Gasteiger partial charge in [-0.3, -0.25) is 19.3 Å². The molecule has 0 spiro atoms. The number of hydrogen-bond donors (Lipinski definition) is 1. The van der Waals surface area contributed by atoms with Gasteiger partial charge in [-0.05, 0) is 49.2 Å². The number of benzene rings is 2. The van der Waals surface area contributed by atoms with Crippen molar-refractivity contribution in [3.05, 3.63) is 72.2 Å². The molecule has 3 amide bonds. The first kappa shape index (κ1) is 23.0. The van der Waals surface area contributed by atoms with E-state index in [1.54, 1.807) is 16.8 Å². The van der Waals surface area contributed by atoms with Crippen LogP contribution < -0.4 is 5.32 Å². The van der Waals surface area contributed by atoms with E-state index in [1.807, 2.05) is 36.5 Å². The van der Waals surface area contributed by atoms with Crippen LogP contribution >= 0.6 is 0 Å². The van der Waals surface area contributed by atoms with Crippen molar-refractivity contribution in [2.75, 3.05) is 6.54 Å². The average molecular weight is 475 g/mol. The number of amides is 3. The summed E-state index contributed by atoms with van der Waals surface area (Å²) in [6.45, 7) is 0.316. The van der Waals surface area contributed by atoms with E-state index in [2.05, 4.69) is 10.4 Å². The SMILES string of the molecule is O=C(CCN1C(=O)C2CCCCC2C1=O)NCc1cn(-c2ccccc2)nc1-c1ccc(F)cc1. The van der Waals surface area contributed by atoms with Crippen molar-refractivity contribution in [1.29, 1.82) is 0 Å². The molecule has 2 fully saturated rings. The number of carbonyl (C=O) groups excluding carboxylic acids is 3. The largest absolute Gasteiger partial charge is 0.352 e. The van der Waals surface area contributed by atoms with E-state index in [1.165, 1.54) is 17.0 Å². The topological polar surface area (TPSA) is 84.3 Å². The number of nitrogens with one attached hydrogen (secondary N) is 1. The summed E-state index contributed by atoms with van der Waals surface area (Å²) < 4.78 is 15.2. The lowest BCUT2D eigenvalue weighted by Crippen LogP contribution is -2.35. The summed E-state index contributed by atoms with van der Waals surface area (Å²) in [5.41, 5.74) is 3.01. The van der Waals surface area contributed by atoms with Gasteiger partial charge in [0, 0.05) is 36.8 Å². The predicted octanol–water partition coefficient (Wildman–Crippen LogP) is 3.86. The number of fused-ring (bicyclic) bond motifs is 1. The molecular formula is C27H27FN4O3. The van der Waals surface area contributed by atoms with E-state index < -0.39 is 0 Å². The lowest BCUT2D eigenvalue weighted by molar-refractivity contribution is -0.140. The molecule has 35 heavy (non-hydrogen) atoms. The van der Waals surface area contributed by atoms with Crippen LogP contribution in [0.3, 0.4) is 0 Å². The molecular weight excluding hydrogens is 447 g/mol. The normalized spacial score (nSPS) is 19.6. The zero-order valence-corrected chi connectivity index (χ0v) is 19.3. The molecule has 1 aliphatic heterocycles. The zero-order valence-electron chi connectivity index (χ0n) is 19.3. The summed E-state index contributed by atoms with van der Waals surface area (Å²) in [6, 6.07) is 15.6. The van der Waals surface area contributed by atoms with E-state index in [-0.39, 0.29) is 54.9 Å². The van der Waals surface area contributed by atoms with Gasteiger partial charge in [0.15, 0.2) is 0 Å². The average Bonchev–Trinajstić information content (AvgIpc) is 3.42. The number of hydrogen-bond acceptors (Lipinski definition) is 4. The Hall–Kier alpha value is -3.81. The fourth-order valence-corrected chi connectivity index (χ4v) is 5.05. The molecule has 7 nitrogen and oxygen atoms in total. The van der Waals surface area contributed by atoms with Crippen LogP contribution in [0.25, 0.3) is 16.9 Å². The summed E-state index contributed by atoms with van der Waals surface area (Å²) in [5, 5.41) is 7.56. The maximum Gasteiger partial charge on any atom is 0.233 e.